The summed E-state index contributed by atoms with van der Waals surface area (Å²) in [6, 6.07) is 7.43. The van der Waals surface area contributed by atoms with Gasteiger partial charge in [0.15, 0.2) is 0 Å². The molecule has 0 atom stereocenters. The van der Waals surface area contributed by atoms with Crippen molar-refractivity contribution in [1.82, 2.24) is 10.2 Å². The molecular weight excluding hydrogens is 230 g/mol. The van der Waals surface area contributed by atoms with Crippen LogP contribution < -0.4 is 10.1 Å². The summed E-state index contributed by atoms with van der Waals surface area (Å²) < 4.78 is 5.05. The zero-order valence-corrected chi connectivity index (χ0v) is 9.88. The molecule has 0 aliphatic carbocycles. The van der Waals surface area contributed by atoms with Gasteiger partial charge in [-0.2, -0.15) is 5.10 Å². The van der Waals surface area contributed by atoms with E-state index in [9.17, 15) is 4.79 Å². The van der Waals surface area contributed by atoms with E-state index in [1.54, 1.807) is 25.6 Å². The number of H-pyrrole nitrogens is 1. The minimum Gasteiger partial charge on any atom is -0.497 e. The Hall–Kier alpha value is -2.56. The zero-order valence-electron chi connectivity index (χ0n) is 9.88. The van der Waals surface area contributed by atoms with Crippen molar-refractivity contribution >= 4 is 17.7 Å². The SMILES string of the molecule is COc1ccc(/C=C/C(=O)Nc2cn[nH]c2)cc1. The summed E-state index contributed by atoms with van der Waals surface area (Å²) in [7, 11) is 1.61. The summed E-state index contributed by atoms with van der Waals surface area (Å²) in [6.45, 7) is 0. The summed E-state index contributed by atoms with van der Waals surface area (Å²) in [5.41, 5.74) is 1.57. The maximum absolute atomic E-state index is 11.5. The van der Waals surface area contributed by atoms with Gasteiger partial charge in [-0.25, -0.2) is 0 Å². The number of hydrogen-bond donors (Lipinski definition) is 2. The Morgan fingerprint density at radius 1 is 1.39 bits per heavy atom. The molecule has 2 aromatic rings. The van der Waals surface area contributed by atoms with Crippen LogP contribution in [0.2, 0.25) is 0 Å². The smallest absolute Gasteiger partial charge is 0.248 e. The molecule has 5 heteroatoms. The van der Waals surface area contributed by atoms with Crippen LogP contribution in [0, 0.1) is 0 Å². The van der Waals surface area contributed by atoms with Crippen molar-refractivity contribution in [2.45, 2.75) is 0 Å². The minimum atomic E-state index is -0.202. The van der Waals surface area contributed by atoms with Crippen LogP contribution >= 0.6 is 0 Å². The Balaban J connectivity index is 1.95. The van der Waals surface area contributed by atoms with Crippen molar-refractivity contribution in [1.29, 1.82) is 0 Å². The molecule has 5 nitrogen and oxygen atoms in total. The van der Waals surface area contributed by atoms with Crippen LogP contribution in [0.1, 0.15) is 5.56 Å². The lowest BCUT2D eigenvalue weighted by atomic mass is 10.2. The highest BCUT2D eigenvalue weighted by atomic mass is 16.5. The quantitative estimate of drug-likeness (QED) is 0.808. The number of carbonyl (C=O) groups excluding carboxylic acids is 1. The van der Waals surface area contributed by atoms with Crippen LogP contribution in [0.25, 0.3) is 6.08 Å². The van der Waals surface area contributed by atoms with Crippen molar-refractivity contribution in [2.75, 3.05) is 12.4 Å². The van der Waals surface area contributed by atoms with Crippen LogP contribution in [-0.2, 0) is 4.79 Å². The molecule has 0 aliphatic rings. The van der Waals surface area contributed by atoms with E-state index < -0.39 is 0 Å². The van der Waals surface area contributed by atoms with Crippen LogP contribution in [0.3, 0.4) is 0 Å². The number of ether oxygens (including phenoxy) is 1. The average molecular weight is 243 g/mol. The molecule has 1 amide bonds. The molecule has 0 saturated heterocycles. The molecule has 0 saturated carbocycles. The summed E-state index contributed by atoms with van der Waals surface area (Å²) in [6.07, 6.45) is 6.35. The third-order valence-electron chi connectivity index (χ3n) is 2.31. The second-order valence-electron chi connectivity index (χ2n) is 3.58. The van der Waals surface area contributed by atoms with E-state index in [1.807, 2.05) is 24.3 Å². The van der Waals surface area contributed by atoms with Gasteiger partial charge in [0.25, 0.3) is 0 Å². The van der Waals surface area contributed by atoms with Crippen molar-refractivity contribution in [3.05, 3.63) is 48.3 Å². The summed E-state index contributed by atoms with van der Waals surface area (Å²) in [5.74, 6) is 0.585. The zero-order chi connectivity index (χ0) is 12.8. The molecule has 0 fully saturated rings. The first-order valence-corrected chi connectivity index (χ1v) is 5.40. The van der Waals surface area contributed by atoms with E-state index in [-0.39, 0.29) is 5.91 Å². The van der Waals surface area contributed by atoms with E-state index in [0.29, 0.717) is 5.69 Å². The van der Waals surface area contributed by atoms with Crippen molar-refractivity contribution in [3.8, 4) is 5.75 Å². The van der Waals surface area contributed by atoms with Crippen molar-refractivity contribution in [3.63, 3.8) is 0 Å². The minimum absolute atomic E-state index is 0.202. The number of nitrogens with one attached hydrogen (secondary N) is 2. The van der Waals surface area contributed by atoms with Crippen molar-refractivity contribution < 1.29 is 9.53 Å². The third kappa shape index (κ3) is 3.21. The average Bonchev–Trinajstić information content (AvgIpc) is 2.90. The molecule has 1 aromatic heterocycles. The van der Waals surface area contributed by atoms with Crippen molar-refractivity contribution in [2.24, 2.45) is 0 Å². The first kappa shape index (κ1) is 11.9. The standard InChI is InChI=1S/C13H13N3O2/c1-18-12-5-2-10(3-6-12)4-7-13(17)16-11-8-14-15-9-11/h2-9H,1H3,(H,14,15)(H,16,17)/b7-4+. The van der Waals surface area contributed by atoms with E-state index in [4.69, 9.17) is 4.74 Å². The van der Waals surface area contributed by atoms with Gasteiger partial charge in [0, 0.05) is 12.3 Å². The number of aromatic amines is 1. The molecule has 2 N–H and O–H groups in total. The predicted octanol–water partition coefficient (Wildman–Crippen LogP) is 2.07. The van der Waals surface area contributed by atoms with Crippen LogP contribution in [0.5, 0.6) is 5.75 Å². The molecule has 2 rings (SSSR count). The topological polar surface area (TPSA) is 67.0 Å². The molecule has 0 unspecified atom stereocenters. The Bertz CT molecular complexity index is 530. The number of anilines is 1. The molecule has 0 aliphatic heterocycles. The monoisotopic (exact) mass is 243 g/mol. The third-order valence-corrected chi connectivity index (χ3v) is 2.31. The van der Waals surface area contributed by atoms with Gasteiger partial charge in [0.1, 0.15) is 5.75 Å². The largest absolute Gasteiger partial charge is 0.497 e. The van der Waals surface area contributed by atoms with Gasteiger partial charge in [-0.3, -0.25) is 9.89 Å². The Morgan fingerprint density at radius 3 is 2.78 bits per heavy atom. The lowest BCUT2D eigenvalue weighted by molar-refractivity contribution is -0.111. The molecule has 0 radical (unpaired) electrons. The lowest BCUT2D eigenvalue weighted by Crippen LogP contribution is -2.06. The number of carbonyl (C=O) groups is 1. The van der Waals surface area contributed by atoms with E-state index in [1.165, 1.54) is 6.08 Å². The Kier molecular flexibility index (Phi) is 3.76. The van der Waals surface area contributed by atoms with E-state index in [0.717, 1.165) is 11.3 Å². The number of amides is 1. The second-order valence-corrected chi connectivity index (χ2v) is 3.58. The molecular formula is C13H13N3O2. The van der Waals surface area contributed by atoms with E-state index >= 15 is 0 Å². The maximum Gasteiger partial charge on any atom is 0.248 e. The van der Waals surface area contributed by atoms with E-state index in [2.05, 4.69) is 15.5 Å². The lowest BCUT2D eigenvalue weighted by Gasteiger charge is -1.99. The molecule has 0 bridgehead atoms. The second kappa shape index (κ2) is 5.67. The van der Waals surface area contributed by atoms with Crippen LogP contribution in [-0.4, -0.2) is 23.2 Å². The summed E-state index contributed by atoms with van der Waals surface area (Å²) in [4.78, 5) is 11.5. The van der Waals surface area contributed by atoms with Gasteiger partial charge in [-0.1, -0.05) is 12.1 Å². The predicted molar refractivity (Wildman–Crippen MR) is 69.2 cm³/mol. The van der Waals surface area contributed by atoms with Gasteiger partial charge in [-0.05, 0) is 23.8 Å². The molecule has 1 heterocycles. The summed E-state index contributed by atoms with van der Waals surface area (Å²) in [5, 5.41) is 9.02. The highest BCUT2D eigenvalue weighted by molar-refractivity contribution is 6.01. The van der Waals surface area contributed by atoms with Gasteiger partial charge in [0.05, 0.1) is 19.0 Å². The fraction of sp³-hybridized carbons (Fsp3) is 0.0769. The number of methoxy groups -OCH3 is 1. The van der Waals surface area contributed by atoms with Gasteiger partial charge in [-0.15, -0.1) is 0 Å². The number of nitrogens with zero attached hydrogens (tertiary/aromatic N) is 1. The van der Waals surface area contributed by atoms with Gasteiger partial charge < -0.3 is 10.1 Å². The number of hydrogen-bond acceptors (Lipinski definition) is 3. The first-order valence-electron chi connectivity index (χ1n) is 5.40. The fourth-order valence-corrected chi connectivity index (χ4v) is 1.39. The number of benzene rings is 1. The molecule has 1 aromatic carbocycles. The Labute approximate surface area is 104 Å². The summed E-state index contributed by atoms with van der Waals surface area (Å²) >= 11 is 0. The normalized spacial score (nSPS) is 10.5. The molecule has 0 spiro atoms. The van der Waals surface area contributed by atoms with Crippen LogP contribution in [0.4, 0.5) is 5.69 Å². The van der Waals surface area contributed by atoms with Crippen LogP contribution in [0.15, 0.2) is 42.7 Å². The molecule has 18 heavy (non-hydrogen) atoms. The fourth-order valence-electron chi connectivity index (χ4n) is 1.39. The number of aromatic nitrogens is 2. The molecule has 92 valence electrons. The highest BCUT2D eigenvalue weighted by Gasteiger charge is 1.98. The first-order chi connectivity index (χ1) is 8.78. The Morgan fingerprint density at radius 2 is 2.17 bits per heavy atom. The number of rotatable bonds is 4. The maximum atomic E-state index is 11.5. The highest BCUT2D eigenvalue weighted by Crippen LogP contribution is 2.12. The van der Waals surface area contributed by atoms with Gasteiger partial charge >= 0.3 is 0 Å². The van der Waals surface area contributed by atoms with Gasteiger partial charge in [0.2, 0.25) is 5.91 Å².